The van der Waals surface area contributed by atoms with Crippen molar-refractivity contribution in [1.82, 2.24) is 20.2 Å². The van der Waals surface area contributed by atoms with Crippen molar-refractivity contribution in [2.75, 3.05) is 11.9 Å². The Labute approximate surface area is 247 Å². The van der Waals surface area contributed by atoms with Gasteiger partial charge < -0.3 is 25.3 Å². The van der Waals surface area contributed by atoms with Gasteiger partial charge in [0, 0.05) is 30.6 Å². The van der Waals surface area contributed by atoms with Crippen LogP contribution in [0.15, 0.2) is 60.7 Å². The fraction of sp³-hybridized carbons (Fsp3) is 0.258. The molecule has 0 unspecified atom stereocenters. The van der Waals surface area contributed by atoms with Crippen LogP contribution in [0.4, 0.5) is 20.4 Å². The highest BCUT2D eigenvalue weighted by Crippen LogP contribution is 2.32. The van der Waals surface area contributed by atoms with Crippen molar-refractivity contribution in [2.45, 2.75) is 33.9 Å². The number of hydrogen-bond acceptors (Lipinski definition) is 5. The lowest BCUT2D eigenvalue weighted by molar-refractivity contribution is -0.128. The van der Waals surface area contributed by atoms with Gasteiger partial charge >= 0.3 is 6.61 Å². The first-order valence-electron chi connectivity index (χ1n) is 13.0. The van der Waals surface area contributed by atoms with E-state index in [9.17, 15) is 18.4 Å². The Kier molecular flexibility index (Phi) is 9.33. The molecule has 218 valence electrons. The second-order valence-electron chi connectivity index (χ2n) is 10.4. The Morgan fingerprint density at radius 1 is 1.07 bits per heavy atom. The zero-order valence-corrected chi connectivity index (χ0v) is 24.3. The summed E-state index contributed by atoms with van der Waals surface area (Å²) >= 11 is 6.43. The summed E-state index contributed by atoms with van der Waals surface area (Å²) < 4.78 is 32.8. The maximum atomic E-state index is 13.3. The molecule has 0 aliphatic heterocycles. The van der Waals surface area contributed by atoms with E-state index in [1.165, 1.54) is 12.1 Å². The SMILES string of the molecule is Cn1c(Nc2cc(CNC(=O)C(C)(C)C)ccc2Cl)nc2cc(C(=O)NCC#Cc3ccccc3)c(OC(F)F)cc21. The quantitative estimate of drug-likeness (QED) is 0.217. The number of fused-ring (bicyclic) bond motifs is 1. The summed E-state index contributed by atoms with van der Waals surface area (Å²) in [6.45, 7) is 2.65. The van der Waals surface area contributed by atoms with Gasteiger partial charge in [-0.1, -0.05) is 68.5 Å². The highest BCUT2D eigenvalue weighted by Gasteiger charge is 2.22. The van der Waals surface area contributed by atoms with Gasteiger partial charge in [0.1, 0.15) is 5.75 Å². The molecule has 3 aromatic carbocycles. The average Bonchev–Trinajstić information content (AvgIpc) is 3.24. The van der Waals surface area contributed by atoms with Gasteiger partial charge in [0.15, 0.2) is 0 Å². The zero-order valence-electron chi connectivity index (χ0n) is 23.5. The molecule has 1 heterocycles. The number of alkyl halides is 2. The van der Waals surface area contributed by atoms with E-state index >= 15 is 0 Å². The van der Waals surface area contributed by atoms with Crippen LogP contribution in [-0.2, 0) is 18.4 Å². The van der Waals surface area contributed by atoms with Crippen LogP contribution in [0.2, 0.25) is 5.02 Å². The molecule has 0 saturated carbocycles. The van der Waals surface area contributed by atoms with E-state index in [1.54, 1.807) is 29.8 Å². The molecule has 3 N–H and O–H groups in total. The van der Waals surface area contributed by atoms with E-state index in [2.05, 4.69) is 32.8 Å². The summed E-state index contributed by atoms with van der Waals surface area (Å²) in [7, 11) is 1.68. The number of ether oxygens (including phenoxy) is 1. The van der Waals surface area contributed by atoms with Gasteiger partial charge in [-0.05, 0) is 35.9 Å². The summed E-state index contributed by atoms with van der Waals surface area (Å²) in [5, 5.41) is 9.07. The summed E-state index contributed by atoms with van der Waals surface area (Å²) in [6, 6.07) is 17.2. The van der Waals surface area contributed by atoms with E-state index in [-0.39, 0.29) is 23.8 Å². The van der Waals surface area contributed by atoms with Crippen LogP contribution in [0.5, 0.6) is 5.75 Å². The molecular formula is C31H30ClF2N5O3. The number of aromatic nitrogens is 2. The molecule has 8 nitrogen and oxygen atoms in total. The van der Waals surface area contributed by atoms with Crippen LogP contribution in [0.3, 0.4) is 0 Å². The Morgan fingerprint density at radius 2 is 1.81 bits per heavy atom. The number of carbonyl (C=O) groups is 2. The maximum Gasteiger partial charge on any atom is 0.387 e. The number of hydrogen-bond donors (Lipinski definition) is 3. The predicted octanol–water partition coefficient (Wildman–Crippen LogP) is 6.02. The van der Waals surface area contributed by atoms with E-state index in [1.807, 2.05) is 51.1 Å². The Bertz CT molecular complexity index is 1670. The van der Waals surface area contributed by atoms with Gasteiger partial charge in [0.25, 0.3) is 5.91 Å². The molecule has 0 bridgehead atoms. The molecular weight excluding hydrogens is 564 g/mol. The maximum absolute atomic E-state index is 13.3. The molecule has 0 spiro atoms. The highest BCUT2D eigenvalue weighted by atomic mass is 35.5. The summed E-state index contributed by atoms with van der Waals surface area (Å²) in [5.41, 5.74) is 2.29. The van der Waals surface area contributed by atoms with Crippen LogP contribution in [-0.4, -0.2) is 34.5 Å². The molecule has 0 aliphatic carbocycles. The van der Waals surface area contributed by atoms with E-state index in [4.69, 9.17) is 16.3 Å². The minimum atomic E-state index is -3.14. The third-order valence-electron chi connectivity index (χ3n) is 6.20. The molecule has 4 aromatic rings. The van der Waals surface area contributed by atoms with Crippen molar-refractivity contribution in [3.63, 3.8) is 0 Å². The number of rotatable bonds is 8. The topological polar surface area (TPSA) is 97.3 Å². The number of amides is 2. The molecule has 42 heavy (non-hydrogen) atoms. The monoisotopic (exact) mass is 593 g/mol. The number of aryl methyl sites for hydroxylation is 1. The lowest BCUT2D eigenvalue weighted by atomic mass is 9.95. The predicted molar refractivity (Wildman–Crippen MR) is 159 cm³/mol. The van der Waals surface area contributed by atoms with Crippen LogP contribution in [0, 0.1) is 17.3 Å². The van der Waals surface area contributed by atoms with Gasteiger partial charge in [0.2, 0.25) is 11.9 Å². The standard InChI is InChI=1S/C31H30ClF2N5O3/c1-31(2,3)28(41)36-18-20-12-13-22(32)23(15-20)37-30-38-24-16-21(26(42-29(33)34)17-25(24)39(30)4)27(40)35-14-8-11-19-9-6-5-7-10-19/h5-7,9-10,12-13,15-17,29H,14,18H2,1-4H3,(H,35,40)(H,36,41)(H,37,38). The third kappa shape index (κ3) is 7.56. The second kappa shape index (κ2) is 12.9. The van der Waals surface area contributed by atoms with Crippen LogP contribution in [0.25, 0.3) is 11.0 Å². The molecule has 0 aliphatic rings. The van der Waals surface area contributed by atoms with Crippen LogP contribution >= 0.6 is 11.6 Å². The van der Waals surface area contributed by atoms with Gasteiger partial charge in [-0.2, -0.15) is 8.78 Å². The van der Waals surface area contributed by atoms with Crippen molar-refractivity contribution in [3.05, 3.63) is 82.4 Å². The molecule has 2 amide bonds. The van der Waals surface area contributed by atoms with Crippen molar-refractivity contribution in [3.8, 4) is 17.6 Å². The minimum Gasteiger partial charge on any atom is -0.434 e. The summed E-state index contributed by atoms with van der Waals surface area (Å²) in [5.74, 6) is 5.08. The normalized spacial score (nSPS) is 11.1. The number of benzene rings is 3. The van der Waals surface area contributed by atoms with Crippen molar-refractivity contribution in [2.24, 2.45) is 12.5 Å². The Morgan fingerprint density at radius 3 is 2.50 bits per heavy atom. The first-order chi connectivity index (χ1) is 19.9. The Hall–Kier alpha value is -4.62. The molecule has 4 rings (SSSR count). The molecule has 0 radical (unpaired) electrons. The molecule has 0 atom stereocenters. The number of nitrogens with one attached hydrogen (secondary N) is 3. The largest absolute Gasteiger partial charge is 0.434 e. The van der Waals surface area contributed by atoms with Crippen LogP contribution < -0.4 is 20.7 Å². The molecule has 11 heteroatoms. The lowest BCUT2D eigenvalue weighted by Gasteiger charge is -2.18. The lowest BCUT2D eigenvalue weighted by Crippen LogP contribution is -2.34. The van der Waals surface area contributed by atoms with Gasteiger partial charge in [-0.15, -0.1) is 0 Å². The smallest absolute Gasteiger partial charge is 0.387 e. The first kappa shape index (κ1) is 30.3. The van der Waals surface area contributed by atoms with Crippen molar-refractivity contribution >= 4 is 46.1 Å². The number of carbonyl (C=O) groups excluding carboxylic acids is 2. The number of anilines is 2. The van der Waals surface area contributed by atoms with Crippen molar-refractivity contribution in [1.29, 1.82) is 0 Å². The van der Waals surface area contributed by atoms with Crippen molar-refractivity contribution < 1.29 is 23.1 Å². The highest BCUT2D eigenvalue weighted by molar-refractivity contribution is 6.33. The average molecular weight is 594 g/mol. The number of imidazole rings is 1. The third-order valence-corrected chi connectivity index (χ3v) is 6.53. The number of halogens is 3. The molecule has 0 fully saturated rings. The minimum absolute atomic E-state index is 0.0000461. The van der Waals surface area contributed by atoms with E-state index in [0.717, 1.165) is 11.1 Å². The summed E-state index contributed by atoms with van der Waals surface area (Å²) in [6.07, 6.45) is 0. The Balaban J connectivity index is 1.57. The number of nitrogens with zero attached hydrogens (tertiary/aromatic N) is 2. The van der Waals surface area contributed by atoms with E-state index < -0.39 is 17.9 Å². The zero-order chi connectivity index (χ0) is 30.4. The van der Waals surface area contributed by atoms with Gasteiger partial charge in [-0.25, -0.2) is 4.98 Å². The first-order valence-corrected chi connectivity index (χ1v) is 13.4. The van der Waals surface area contributed by atoms with E-state index in [0.29, 0.717) is 34.2 Å². The molecule has 0 saturated heterocycles. The van der Waals surface area contributed by atoms with Gasteiger partial charge in [-0.3, -0.25) is 9.59 Å². The fourth-order valence-electron chi connectivity index (χ4n) is 3.94. The second-order valence-corrected chi connectivity index (χ2v) is 10.8. The molecule has 1 aromatic heterocycles. The fourth-order valence-corrected chi connectivity index (χ4v) is 4.10. The summed E-state index contributed by atoms with van der Waals surface area (Å²) in [4.78, 5) is 29.8. The van der Waals surface area contributed by atoms with Gasteiger partial charge in [0.05, 0.1) is 33.9 Å². The van der Waals surface area contributed by atoms with Crippen LogP contribution in [0.1, 0.15) is 42.3 Å².